The molecule has 1 atom stereocenters. The van der Waals surface area contributed by atoms with Gasteiger partial charge in [-0.25, -0.2) is 9.48 Å². The Kier molecular flexibility index (Phi) is 6.08. The SMILES string of the molecule is O=C(Nc1ccnn1Cc1ccccc1)C1CCCN(C(=O)Nc2ccccc2)C1. The molecule has 154 valence electrons. The summed E-state index contributed by atoms with van der Waals surface area (Å²) in [5, 5.41) is 10.2. The molecule has 1 aromatic heterocycles. The van der Waals surface area contributed by atoms with Crippen LogP contribution in [-0.2, 0) is 11.3 Å². The third-order valence-electron chi connectivity index (χ3n) is 5.25. The number of hydrogen-bond donors (Lipinski definition) is 2. The number of carbonyl (C=O) groups is 2. The van der Waals surface area contributed by atoms with Gasteiger partial charge in [0.05, 0.1) is 18.7 Å². The van der Waals surface area contributed by atoms with Gasteiger partial charge in [0.1, 0.15) is 5.82 Å². The Balaban J connectivity index is 1.36. The molecule has 0 aliphatic carbocycles. The van der Waals surface area contributed by atoms with Crippen molar-refractivity contribution < 1.29 is 9.59 Å². The molecule has 1 aliphatic heterocycles. The third kappa shape index (κ3) is 4.86. The Bertz CT molecular complexity index is 987. The molecule has 3 amide bonds. The van der Waals surface area contributed by atoms with Crippen molar-refractivity contribution >= 4 is 23.4 Å². The Morgan fingerprint density at radius 3 is 2.47 bits per heavy atom. The first-order valence-electron chi connectivity index (χ1n) is 10.2. The summed E-state index contributed by atoms with van der Waals surface area (Å²) in [5.41, 5.74) is 1.86. The first-order chi connectivity index (χ1) is 14.7. The maximum atomic E-state index is 12.9. The van der Waals surface area contributed by atoms with Crippen molar-refractivity contribution in [3.05, 3.63) is 78.5 Å². The van der Waals surface area contributed by atoms with E-state index >= 15 is 0 Å². The number of likely N-dealkylation sites (tertiary alicyclic amines) is 1. The first-order valence-corrected chi connectivity index (χ1v) is 10.2. The van der Waals surface area contributed by atoms with Crippen molar-refractivity contribution in [3.8, 4) is 0 Å². The van der Waals surface area contributed by atoms with Gasteiger partial charge in [0, 0.05) is 24.8 Å². The molecule has 2 aromatic carbocycles. The molecule has 1 fully saturated rings. The second-order valence-corrected chi connectivity index (χ2v) is 7.43. The molecule has 0 saturated carbocycles. The number of carbonyl (C=O) groups excluding carboxylic acids is 2. The average Bonchev–Trinajstić information content (AvgIpc) is 3.21. The number of anilines is 2. The van der Waals surface area contributed by atoms with E-state index < -0.39 is 0 Å². The number of benzene rings is 2. The van der Waals surface area contributed by atoms with Gasteiger partial charge in [-0.15, -0.1) is 0 Å². The summed E-state index contributed by atoms with van der Waals surface area (Å²) in [6.07, 6.45) is 3.23. The molecule has 1 unspecified atom stereocenters. The van der Waals surface area contributed by atoms with Crippen LogP contribution in [0.15, 0.2) is 72.9 Å². The van der Waals surface area contributed by atoms with Crippen LogP contribution in [0.2, 0.25) is 0 Å². The molecule has 4 rings (SSSR count). The lowest BCUT2D eigenvalue weighted by Gasteiger charge is -2.32. The van der Waals surface area contributed by atoms with E-state index in [0.29, 0.717) is 25.5 Å². The molecule has 3 aromatic rings. The summed E-state index contributed by atoms with van der Waals surface area (Å²) in [5.74, 6) is 0.331. The molecule has 30 heavy (non-hydrogen) atoms. The molecular formula is C23H25N5O2. The largest absolute Gasteiger partial charge is 0.324 e. The maximum absolute atomic E-state index is 12.9. The molecule has 0 spiro atoms. The van der Waals surface area contributed by atoms with Crippen LogP contribution in [0.5, 0.6) is 0 Å². The van der Waals surface area contributed by atoms with E-state index in [1.807, 2.05) is 60.7 Å². The highest BCUT2D eigenvalue weighted by molar-refractivity contribution is 5.93. The minimum Gasteiger partial charge on any atom is -0.324 e. The van der Waals surface area contributed by atoms with Gasteiger partial charge >= 0.3 is 6.03 Å². The first kappa shape index (κ1) is 19.7. The number of hydrogen-bond acceptors (Lipinski definition) is 3. The molecular weight excluding hydrogens is 378 g/mol. The molecule has 7 heteroatoms. The Hall–Kier alpha value is -3.61. The van der Waals surface area contributed by atoms with Gasteiger partial charge in [-0.2, -0.15) is 5.10 Å². The van der Waals surface area contributed by atoms with Crippen LogP contribution in [-0.4, -0.2) is 39.7 Å². The molecule has 2 heterocycles. The number of nitrogens with one attached hydrogen (secondary N) is 2. The number of urea groups is 1. The fourth-order valence-corrected chi connectivity index (χ4v) is 3.65. The number of nitrogens with zero attached hydrogens (tertiary/aromatic N) is 3. The molecule has 1 aliphatic rings. The third-order valence-corrected chi connectivity index (χ3v) is 5.25. The lowest BCUT2D eigenvalue weighted by atomic mass is 9.97. The van der Waals surface area contributed by atoms with Crippen LogP contribution in [0.4, 0.5) is 16.3 Å². The number of rotatable bonds is 5. The van der Waals surface area contributed by atoms with Crippen molar-refractivity contribution in [1.82, 2.24) is 14.7 Å². The molecule has 0 radical (unpaired) electrons. The smallest absolute Gasteiger partial charge is 0.321 e. The van der Waals surface area contributed by atoms with Crippen LogP contribution < -0.4 is 10.6 Å². The highest BCUT2D eigenvalue weighted by Crippen LogP contribution is 2.20. The quantitative estimate of drug-likeness (QED) is 0.680. The standard InChI is InChI=1S/C23H25N5O2/c29-22(26-21-13-14-24-28(21)16-18-8-3-1-4-9-18)19-10-7-15-27(17-19)23(30)25-20-11-5-2-6-12-20/h1-6,8-9,11-14,19H,7,10,15-17H2,(H,25,30)(H,26,29). The number of para-hydroxylation sites is 1. The Morgan fingerprint density at radius 2 is 1.70 bits per heavy atom. The molecule has 7 nitrogen and oxygen atoms in total. The predicted molar refractivity (Wildman–Crippen MR) is 116 cm³/mol. The maximum Gasteiger partial charge on any atom is 0.321 e. The van der Waals surface area contributed by atoms with E-state index in [9.17, 15) is 9.59 Å². The van der Waals surface area contributed by atoms with Crippen LogP contribution in [0.25, 0.3) is 0 Å². The van der Waals surface area contributed by atoms with Gasteiger partial charge in [-0.05, 0) is 30.5 Å². The summed E-state index contributed by atoms with van der Waals surface area (Å²) in [6.45, 7) is 1.63. The zero-order valence-corrected chi connectivity index (χ0v) is 16.7. The zero-order valence-electron chi connectivity index (χ0n) is 16.7. The summed E-state index contributed by atoms with van der Waals surface area (Å²) < 4.78 is 1.77. The second kappa shape index (κ2) is 9.26. The van der Waals surface area contributed by atoms with Crippen molar-refractivity contribution in [3.63, 3.8) is 0 Å². The number of piperidine rings is 1. The highest BCUT2D eigenvalue weighted by atomic mass is 16.2. The number of amides is 3. The van der Waals surface area contributed by atoms with E-state index in [0.717, 1.165) is 24.1 Å². The van der Waals surface area contributed by atoms with Crippen LogP contribution in [0.1, 0.15) is 18.4 Å². The molecule has 2 N–H and O–H groups in total. The summed E-state index contributed by atoms with van der Waals surface area (Å²) in [7, 11) is 0. The van der Waals surface area contributed by atoms with Crippen molar-refractivity contribution in [1.29, 1.82) is 0 Å². The van der Waals surface area contributed by atoms with Gasteiger partial charge in [0.25, 0.3) is 0 Å². The summed E-state index contributed by atoms with van der Waals surface area (Å²) in [4.78, 5) is 27.2. The monoisotopic (exact) mass is 403 g/mol. The summed E-state index contributed by atoms with van der Waals surface area (Å²) >= 11 is 0. The zero-order chi connectivity index (χ0) is 20.8. The minimum absolute atomic E-state index is 0.0815. The molecule has 1 saturated heterocycles. The lowest BCUT2D eigenvalue weighted by molar-refractivity contribution is -0.121. The van der Waals surface area contributed by atoms with Crippen molar-refractivity contribution in [2.75, 3.05) is 23.7 Å². The van der Waals surface area contributed by atoms with E-state index in [-0.39, 0.29) is 17.9 Å². The van der Waals surface area contributed by atoms with Crippen molar-refractivity contribution in [2.24, 2.45) is 5.92 Å². The van der Waals surface area contributed by atoms with Crippen LogP contribution in [0, 0.1) is 5.92 Å². The topological polar surface area (TPSA) is 79.3 Å². The second-order valence-electron chi connectivity index (χ2n) is 7.43. The average molecular weight is 403 g/mol. The van der Waals surface area contributed by atoms with Gasteiger partial charge in [0.15, 0.2) is 0 Å². The Morgan fingerprint density at radius 1 is 0.967 bits per heavy atom. The van der Waals surface area contributed by atoms with E-state index in [4.69, 9.17) is 0 Å². The lowest BCUT2D eigenvalue weighted by Crippen LogP contribution is -2.45. The normalized spacial score (nSPS) is 16.1. The van der Waals surface area contributed by atoms with Gasteiger partial charge in [-0.1, -0.05) is 48.5 Å². The van der Waals surface area contributed by atoms with Gasteiger partial charge in [-0.3, -0.25) is 4.79 Å². The fraction of sp³-hybridized carbons (Fsp3) is 0.261. The number of aromatic nitrogens is 2. The summed E-state index contributed by atoms with van der Waals surface area (Å²) in [6, 6.07) is 21.0. The van der Waals surface area contributed by atoms with E-state index in [1.54, 1.807) is 21.8 Å². The van der Waals surface area contributed by atoms with E-state index in [2.05, 4.69) is 15.7 Å². The van der Waals surface area contributed by atoms with Crippen LogP contribution >= 0.6 is 0 Å². The van der Waals surface area contributed by atoms with E-state index in [1.165, 1.54) is 0 Å². The molecule has 0 bridgehead atoms. The van der Waals surface area contributed by atoms with Crippen molar-refractivity contribution in [2.45, 2.75) is 19.4 Å². The van der Waals surface area contributed by atoms with Gasteiger partial charge < -0.3 is 15.5 Å². The minimum atomic E-state index is -0.250. The predicted octanol–water partition coefficient (Wildman–Crippen LogP) is 3.81. The van der Waals surface area contributed by atoms with Gasteiger partial charge in [0.2, 0.25) is 5.91 Å². The van der Waals surface area contributed by atoms with Crippen LogP contribution in [0.3, 0.4) is 0 Å². The highest BCUT2D eigenvalue weighted by Gasteiger charge is 2.29. The fourth-order valence-electron chi connectivity index (χ4n) is 3.65. The Labute approximate surface area is 175 Å².